The van der Waals surface area contributed by atoms with E-state index in [0.29, 0.717) is 25.2 Å². The minimum Gasteiger partial charge on any atom is -0.390 e. The molecule has 3 rings (SSSR count). The van der Waals surface area contributed by atoms with Crippen LogP contribution in [0.5, 0.6) is 0 Å². The Hall–Kier alpha value is -2.24. The summed E-state index contributed by atoms with van der Waals surface area (Å²) in [7, 11) is 0. The first-order chi connectivity index (χ1) is 12.1. The van der Waals surface area contributed by atoms with Crippen LogP contribution in [-0.2, 0) is 9.63 Å². The Labute approximate surface area is 146 Å². The van der Waals surface area contributed by atoms with Crippen molar-refractivity contribution >= 4 is 11.6 Å². The molecule has 6 heteroatoms. The van der Waals surface area contributed by atoms with E-state index in [1.807, 2.05) is 0 Å². The fraction of sp³-hybridized carbons (Fsp3) is 0.474. The van der Waals surface area contributed by atoms with Crippen LogP contribution in [0.3, 0.4) is 0 Å². The molecule has 1 aromatic rings. The number of carbonyl (C=O) groups is 1. The van der Waals surface area contributed by atoms with E-state index in [2.05, 4.69) is 11.7 Å². The van der Waals surface area contributed by atoms with Crippen molar-refractivity contribution in [3.63, 3.8) is 0 Å². The zero-order valence-electron chi connectivity index (χ0n) is 14.1. The molecule has 2 aliphatic rings. The van der Waals surface area contributed by atoms with Crippen LogP contribution in [0.25, 0.3) is 0 Å². The Bertz CT molecular complexity index is 684. The largest absolute Gasteiger partial charge is 0.390 e. The lowest BCUT2D eigenvalue weighted by Gasteiger charge is -2.26. The predicted molar refractivity (Wildman–Crippen MR) is 91.1 cm³/mol. The highest BCUT2D eigenvalue weighted by molar-refractivity contribution is 6.01. The van der Waals surface area contributed by atoms with Crippen LogP contribution in [0.15, 0.2) is 36.0 Å². The summed E-state index contributed by atoms with van der Waals surface area (Å²) in [5.41, 5.74) is 0.677. The third-order valence-electron chi connectivity index (χ3n) is 4.76. The van der Waals surface area contributed by atoms with E-state index >= 15 is 0 Å². The molecule has 1 aromatic carbocycles. The van der Waals surface area contributed by atoms with Gasteiger partial charge in [-0.2, -0.15) is 0 Å². The van der Waals surface area contributed by atoms with Crippen LogP contribution < -0.4 is 0 Å². The van der Waals surface area contributed by atoms with Gasteiger partial charge in [0.05, 0.1) is 12.3 Å². The number of oxime groups is 1. The first-order valence-corrected chi connectivity index (χ1v) is 8.66. The Morgan fingerprint density at radius 3 is 2.80 bits per heavy atom. The normalized spacial score (nSPS) is 20.2. The van der Waals surface area contributed by atoms with Crippen LogP contribution in [0, 0.1) is 17.6 Å². The zero-order valence-corrected chi connectivity index (χ0v) is 14.1. The third-order valence-corrected chi connectivity index (χ3v) is 4.76. The average molecular weight is 348 g/mol. The Morgan fingerprint density at radius 2 is 2.12 bits per heavy atom. The van der Waals surface area contributed by atoms with Crippen molar-refractivity contribution in [1.82, 2.24) is 4.90 Å². The van der Waals surface area contributed by atoms with Gasteiger partial charge in [-0.1, -0.05) is 24.1 Å². The Balaban J connectivity index is 1.63. The summed E-state index contributed by atoms with van der Waals surface area (Å²) < 4.78 is 26.9. The molecule has 0 saturated heterocycles. The third kappa shape index (κ3) is 4.06. The molecule has 1 aliphatic heterocycles. The molecule has 1 fully saturated rings. The Morgan fingerprint density at radius 1 is 1.36 bits per heavy atom. The molecular weight excluding hydrogens is 326 g/mol. The highest BCUT2D eigenvalue weighted by Crippen LogP contribution is 2.27. The fourth-order valence-corrected chi connectivity index (χ4v) is 3.50. The van der Waals surface area contributed by atoms with Gasteiger partial charge in [-0.3, -0.25) is 4.79 Å². The average Bonchev–Trinajstić information content (AvgIpc) is 3.25. The van der Waals surface area contributed by atoms with E-state index in [0.717, 1.165) is 31.7 Å². The van der Waals surface area contributed by atoms with Crippen LogP contribution in [0.1, 0.15) is 37.7 Å². The predicted octanol–water partition coefficient (Wildman–Crippen LogP) is 3.66. The second-order valence-corrected chi connectivity index (χ2v) is 6.61. The minimum atomic E-state index is -0.659. The van der Waals surface area contributed by atoms with E-state index in [1.54, 1.807) is 11.0 Å². The Kier molecular flexibility index (Phi) is 5.46. The van der Waals surface area contributed by atoms with Crippen molar-refractivity contribution in [1.29, 1.82) is 0 Å². The van der Waals surface area contributed by atoms with Gasteiger partial charge in [-0.05, 0) is 25.0 Å². The molecule has 1 atom stereocenters. The molecule has 0 radical (unpaired) electrons. The molecule has 4 nitrogen and oxygen atoms in total. The highest BCUT2D eigenvalue weighted by Gasteiger charge is 2.31. The van der Waals surface area contributed by atoms with Gasteiger partial charge in [-0.25, -0.2) is 8.78 Å². The second kappa shape index (κ2) is 7.76. The van der Waals surface area contributed by atoms with Crippen LogP contribution >= 0.6 is 0 Å². The molecule has 1 heterocycles. The topological polar surface area (TPSA) is 41.9 Å². The van der Waals surface area contributed by atoms with Gasteiger partial charge < -0.3 is 9.74 Å². The summed E-state index contributed by atoms with van der Waals surface area (Å²) in [4.78, 5) is 19.8. The van der Waals surface area contributed by atoms with Crippen LogP contribution in [0.4, 0.5) is 8.78 Å². The standard InChI is InChI=1S/C19H22F2N2O2/c1-2-9-23(19(24)13-5-3-4-6-13)12-15-11-18(22-25-15)16-8-7-14(20)10-17(16)21/h2,7-8,10,13,15H,1,3-6,9,11-12H2/t15-/m1/s1. The molecule has 0 spiro atoms. The summed E-state index contributed by atoms with van der Waals surface area (Å²) >= 11 is 0. The van der Waals surface area contributed by atoms with E-state index in [1.165, 1.54) is 12.1 Å². The van der Waals surface area contributed by atoms with Crippen LogP contribution in [0.2, 0.25) is 0 Å². The lowest BCUT2D eigenvalue weighted by molar-refractivity contribution is -0.136. The van der Waals surface area contributed by atoms with E-state index in [4.69, 9.17) is 4.84 Å². The van der Waals surface area contributed by atoms with Gasteiger partial charge in [0.25, 0.3) is 0 Å². The number of nitrogens with zero attached hydrogens (tertiary/aromatic N) is 2. The molecule has 0 N–H and O–H groups in total. The molecule has 1 aliphatic carbocycles. The summed E-state index contributed by atoms with van der Waals surface area (Å²) in [6.07, 6.45) is 5.80. The van der Waals surface area contributed by atoms with E-state index in [9.17, 15) is 13.6 Å². The summed E-state index contributed by atoms with van der Waals surface area (Å²) in [6, 6.07) is 3.39. The number of carbonyl (C=O) groups excluding carboxylic acids is 1. The molecule has 1 saturated carbocycles. The highest BCUT2D eigenvalue weighted by atomic mass is 19.1. The number of hydrogen-bond acceptors (Lipinski definition) is 3. The molecule has 25 heavy (non-hydrogen) atoms. The quantitative estimate of drug-likeness (QED) is 0.736. The summed E-state index contributed by atoms with van der Waals surface area (Å²) in [6.45, 7) is 4.56. The van der Waals surface area contributed by atoms with Crippen LogP contribution in [-0.4, -0.2) is 35.7 Å². The molecule has 134 valence electrons. The maximum atomic E-state index is 13.9. The number of halogens is 2. The smallest absolute Gasteiger partial charge is 0.226 e. The molecule has 1 amide bonds. The monoisotopic (exact) mass is 348 g/mol. The van der Waals surface area contributed by atoms with Gasteiger partial charge in [0.15, 0.2) is 6.10 Å². The van der Waals surface area contributed by atoms with Crippen molar-refractivity contribution in [2.45, 2.75) is 38.2 Å². The number of hydrogen-bond donors (Lipinski definition) is 0. The summed E-state index contributed by atoms with van der Waals surface area (Å²) in [5.74, 6) is -1.08. The van der Waals surface area contributed by atoms with Crippen molar-refractivity contribution in [2.75, 3.05) is 13.1 Å². The first kappa shape index (κ1) is 17.6. The number of amides is 1. The molecule has 0 bridgehead atoms. The lowest BCUT2D eigenvalue weighted by Crippen LogP contribution is -2.40. The van der Waals surface area contributed by atoms with E-state index < -0.39 is 11.6 Å². The number of benzene rings is 1. The zero-order chi connectivity index (χ0) is 17.8. The van der Waals surface area contributed by atoms with Gasteiger partial charge in [0.2, 0.25) is 5.91 Å². The lowest BCUT2D eigenvalue weighted by atomic mass is 10.0. The summed E-state index contributed by atoms with van der Waals surface area (Å²) in [5, 5.41) is 3.94. The van der Waals surface area contributed by atoms with Crippen molar-refractivity contribution in [3.05, 3.63) is 48.1 Å². The minimum absolute atomic E-state index is 0.0799. The SMILES string of the molecule is C=CCN(C[C@H]1CC(c2ccc(F)cc2F)=NO1)C(=O)C1CCCC1. The van der Waals surface area contributed by atoms with Gasteiger partial charge in [-0.15, -0.1) is 6.58 Å². The van der Waals surface area contributed by atoms with E-state index in [-0.39, 0.29) is 23.5 Å². The van der Waals surface area contributed by atoms with Gasteiger partial charge >= 0.3 is 0 Å². The second-order valence-electron chi connectivity index (χ2n) is 6.61. The maximum Gasteiger partial charge on any atom is 0.226 e. The maximum absolute atomic E-state index is 13.9. The van der Waals surface area contributed by atoms with Crippen molar-refractivity contribution in [2.24, 2.45) is 11.1 Å². The number of rotatable bonds is 6. The molecular formula is C19H22F2N2O2. The van der Waals surface area contributed by atoms with Crippen molar-refractivity contribution in [3.8, 4) is 0 Å². The first-order valence-electron chi connectivity index (χ1n) is 8.66. The van der Waals surface area contributed by atoms with Gasteiger partial charge in [0, 0.05) is 30.5 Å². The van der Waals surface area contributed by atoms with Gasteiger partial charge in [0.1, 0.15) is 11.6 Å². The molecule has 0 unspecified atom stereocenters. The fourth-order valence-electron chi connectivity index (χ4n) is 3.50. The van der Waals surface area contributed by atoms with Crippen molar-refractivity contribution < 1.29 is 18.4 Å². The molecule has 0 aromatic heterocycles.